The molecule has 0 aromatic heterocycles. The lowest BCUT2D eigenvalue weighted by Gasteiger charge is -2.09. The van der Waals surface area contributed by atoms with Crippen LogP contribution in [0.1, 0.15) is 10.4 Å². The molecule has 0 fully saturated rings. The van der Waals surface area contributed by atoms with Gasteiger partial charge < -0.3 is 61.9 Å². The van der Waals surface area contributed by atoms with Crippen LogP contribution in [0.15, 0.2) is 30.3 Å². The van der Waals surface area contributed by atoms with E-state index in [1.54, 1.807) is 30.3 Å². The van der Waals surface area contributed by atoms with Crippen LogP contribution in [0.25, 0.3) is 0 Å². The Labute approximate surface area is 282 Å². The van der Waals surface area contributed by atoms with Crippen LogP contribution in [0, 0.1) is 0 Å². The van der Waals surface area contributed by atoms with Gasteiger partial charge in [-0.25, -0.2) is 9.59 Å². The number of carbonyl (C=O) groups excluding carboxylic acids is 2. The number of hydrogen-bond donors (Lipinski definition) is 1. The molecule has 1 aromatic carbocycles. The molecule has 48 heavy (non-hydrogen) atoms. The van der Waals surface area contributed by atoms with Crippen molar-refractivity contribution in [1.29, 1.82) is 0 Å². The summed E-state index contributed by atoms with van der Waals surface area (Å²) < 4.78 is 63.7. The van der Waals surface area contributed by atoms with Crippen LogP contribution in [-0.2, 0) is 66.4 Å². The van der Waals surface area contributed by atoms with Gasteiger partial charge in [0.15, 0.2) is 0 Å². The van der Waals surface area contributed by atoms with E-state index in [4.69, 9.17) is 61.9 Å². The van der Waals surface area contributed by atoms with E-state index in [0.717, 1.165) is 0 Å². The topological polar surface area (TPSA) is 182 Å². The third kappa shape index (κ3) is 29.5. The van der Waals surface area contributed by atoms with Crippen LogP contribution in [0.5, 0.6) is 0 Å². The number of aliphatic carboxylic acids is 1. The van der Waals surface area contributed by atoms with Gasteiger partial charge >= 0.3 is 11.9 Å². The maximum atomic E-state index is 11.9. The van der Waals surface area contributed by atoms with Gasteiger partial charge in [0.05, 0.1) is 139 Å². The summed E-state index contributed by atoms with van der Waals surface area (Å²) in [6, 6.07) is 8.23. The minimum absolute atomic E-state index is 0.00943. The normalized spacial score (nSPS) is 11.2. The molecule has 1 aromatic rings. The first-order valence-electron chi connectivity index (χ1n) is 15.9. The number of Topliss-reactive ketones (excluding diaryl/α,β-unsaturated/α-hetero) is 1. The summed E-state index contributed by atoms with van der Waals surface area (Å²) in [5.41, 5.74) is 0.290. The summed E-state index contributed by atoms with van der Waals surface area (Å²) in [5.74, 6) is -2.59. The van der Waals surface area contributed by atoms with Gasteiger partial charge in [-0.15, -0.1) is 0 Å². The molecular weight excluding hydrogens is 640 g/mol. The second kappa shape index (κ2) is 34.3. The van der Waals surface area contributed by atoms with Gasteiger partial charge in [0.25, 0.3) is 5.78 Å². The van der Waals surface area contributed by atoms with E-state index in [-0.39, 0.29) is 32.0 Å². The Morgan fingerprint density at radius 3 is 0.958 bits per heavy atom. The smallest absolute Gasteiger partial charge is 0.379 e. The Morgan fingerprint density at radius 1 is 0.396 bits per heavy atom. The lowest BCUT2D eigenvalue weighted by molar-refractivity contribution is -0.143. The molecule has 0 heterocycles. The summed E-state index contributed by atoms with van der Waals surface area (Å²) in [7, 11) is 0. The quantitative estimate of drug-likeness (QED) is 0.0444. The average molecular weight is 693 g/mol. The van der Waals surface area contributed by atoms with E-state index in [1.165, 1.54) is 0 Å². The number of ketones is 1. The summed E-state index contributed by atoms with van der Waals surface area (Å²) in [6.45, 7) is 8.26. The maximum Gasteiger partial charge on any atom is 0.379 e. The second-order valence-corrected chi connectivity index (χ2v) is 9.40. The largest absolute Gasteiger partial charge is 0.480 e. The minimum Gasteiger partial charge on any atom is -0.480 e. The zero-order chi connectivity index (χ0) is 34.6. The van der Waals surface area contributed by atoms with Gasteiger partial charge in [0.2, 0.25) is 0 Å². The molecular formula is C32H52O16. The molecule has 1 N–H and O–H groups in total. The lowest BCUT2D eigenvalue weighted by atomic mass is 10.1. The molecule has 0 aliphatic carbocycles. The van der Waals surface area contributed by atoms with Crippen molar-refractivity contribution in [3.05, 3.63) is 35.9 Å². The van der Waals surface area contributed by atoms with Crippen LogP contribution < -0.4 is 0 Å². The fraction of sp³-hybridized carbons (Fsp3) is 0.719. The molecule has 0 saturated carbocycles. The van der Waals surface area contributed by atoms with E-state index in [2.05, 4.69) is 0 Å². The summed E-state index contributed by atoms with van der Waals surface area (Å²) in [4.78, 5) is 33.9. The zero-order valence-electron chi connectivity index (χ0n) is 27.7. The third-order valence-corrected chi connectivity index (χ3v) is 5.63. The average Bonchev–Trinajstić information content (AvgIpc) is 3.09. The Bertz CT molecular complexity index is 888. The van der Waals surface area contributed by atoms with Crippen LogP contribution in [0.3, 0.4) is 0 Å². The van der Waals surface area contributed by atoms with Crippen molar-refractivity contribution >= 4 is 17.7 Å². The molecule has 0 bridgehead atoms. The molecule has 0 unspecified atom stereocenters. The number of hydrogen-bond acceptors (Lipinski definition) is 15. The predicted molar refractivity (Wildman–Crippen MR) is 168 cm³/mol. The molecule has 0 radical (unpaired) electrons. The number of carboxylic acid groups (broad SMARTS) is 1. The van der Waals surface area contributed by atoms with Gasteiger partial charge in [-0.3, -0.25) is 4.79 Å². The van der Waals surface area contributed by atoms with E-state index >= 15 is 0 Å². The number of rotatable bonds is 37. The second-order valence-electron chi connectivity index (χ2n) is 9.40. The van der Waals surface area contributed by atoms with Gasteiger partial charge in [0, 0.05) is 5.56 Å². The van der Waals surface area contributed by atoms with Crippen molar-refractivity contribution in [1.82, 2.24) is 0 Å². The predicted octanol–water partition coefficient (Wildman–Crippen LogP) is 0.680. The fourth-order valence-electron chi connectivity index (χ4n) is 3.32. The Kier molecular flexibility index (Phi) is 31.0. The molecule has 0 amide bonds. The van der Waals surface area contributed by atoms with E-state index in [1.807, 2.05) is 0 Å². The van der Waals surface area contributed by atoms with Gasteiger partial charge in [-0.2, -0.15) is 0 Å². The number of ether oxygens (including phenoxy) is 12. The highest BCUT2D eigenvalue weighted by atomic mass is 16.6. The van der Waals surface area contributed by atoms with Crippen LogP contribution >= 0.6 is 0 Å². The molecule has 0 aliphatic heterocycles. The standard InChI is InChI=1S/C32H52O16/c33-30(34)28-47-25-24-45-21-20-43-17-16-41-13-12-39-9-8-37-6-7-38-10-11-40-14-15-42-18-19-44-22-23-46-26-27-48-32(36)31(35)29-4-2-1-3-5-29/h1-5H,6-28H2,(H,33,34). The SMILES string of the molecule is O=C(O)COCCOCCOCCOCCOCCOCCOCCOCCOCCOCCOCCOC(=O)C(=O)c1ccccc1. The van der Waals surface area contributed by atoms with Crippen molar-refractivity contribution < 1.29 is 76.3 Å². The summed E-state index contributed by atoms with van der Waals surface area (Å²) in [5, 5.41) is 8.42. The van der Waals surface area contributed by atoms with Crippen LogP contribution in [0.4, 0.5) is 0 Å². The molecule has 16 heteroatoms. The first-order chi connectivity index (χ1) is 23.6. The lowest BCUT2D eigenvalue weighted by Crippen LogP contribution is -2.20. The molecule has 16 nitrogen and oxygen atoms in total. The van der Waals surface area contributed by atoms with Gasteiger partial charge in [-0.05, 0) is 0 Å². The van der Waals surface area contributed by atoms with Crippen molar-refractivity contribution in [2.45, 2.75) is 0 Å². The Hall–Kier alpha value is -2.61. The van der Waals surface area contributed by atoms with E-state index in [0.29, 0.717) is 126 Å². The number of carboxylic acids is 1. The fourth-order valence-corrected chi connectivity index (χ4v) is 3.32. The highest BCUT2D eigenvalue weighted by molar-refractivity contribution is 6.40. The monoisotopic (exact) mass is 692 g/mol. The maximum absolute atomic E-state index is 11.9. The molecule has 0 atom stereocenters. The van der Waals surface area contributed by atoms with Crippen molar-refractivity contribution in [2.24, 2.45) is 0 Å². The van der Waals surface area contributed by atoms with Crippen molar-refractivity contribution in [3.63, 3.8) is 0 Å². The van der Waals surface area contributed by atoms with Crippen molar-refractivity contribution in [2.75, 3.05) is 152 Å². The number of benzene rings is 1. The van der Waals surface area contributed by atoms with Gasteiger partial charge in [-0.1, -0.05) is 30.3 Å². The molecule has 0 saturated heterocycles. The first kappa shape index (κ1) is 43.4. The van der Waals surface area contributed by atoms with E-state index in [9.17, 15) is 14.4 Å². The zero-order valence-corrected chi connectivity index (χ0v) is 27.7. The van der Waals surface area contributed by atoms with Crippen LogP contribution in [-0.4, -0.2) is 175 Å². The molecule has 0 aliphatic rings. The summed E-state index contributed by atoms with van der Waals surface area (Å²) in [6.07, 6.45) is 0. The van der Waals surface area contributed by atoms with E-state index < -0.39 is 17.7 Å². The van der Waals surface area contributed by atoms with Crippen molar-refractivity contribution in [3.8, 4) is 0 Å². The number of esters is 1. The molecule has 276 valence electrons. The van der Waals surface area contributed by atoms with Crippen LogP contribution in [0.2, 0.25) is 0 Å². The molecule has 0 spiro atoms. The highest BCUT2D eigenvalue weighted by Gasteiger charge is 2.17. The third-order valence-electron chi connectivity index (χ3n) is 5.63. The van der Waals surface area contributed by atoms with Gasteiger partial charge in [0.1, 0.15) is 13.2 Å². The Morgan fingerprint density at radius 2 is 0.667 bits per heavy atom. The Balaban J connectivity index is 1.66. The highest BCUT2D eigenvalue weighted by Crippen LogP contribution is 2.01. The summed E-state index contributed by atoms with van der Waals surface area (Å²) >= 11 is 0. The molecule has 1 rings (SSSR count). The first-order valence-corrected chi connectivity index (χ1v) is 15.9. The number of carbonyl (C=O) groups is 3. The minimum atomic E-state index is -1.00.